The van der Waals surface area contributed by atoms with E-state index in [0.717, 1.165) is 37.8 Å². The predicted octanol–water partition coefficient (Wildman–Crippen LogP) is 3.27. The summed E-state index contributed by atoms with van der Waals surface area (Å²) in [6.45, 7) is 0. The molecule has 0 aromatic heterocycles. The maximum atomic E-state index is 9.24. The molecule has 1 aromatic carbocycles. The molecule has 1 atom stereocenters. The number of hydrogen-bond acceptors (Lipinski definition) is 3. The van der Waals surface area contributed by atoms with Gasteiger partial charge in [-0.05, 0) is 55.7 Å². The molecule has 2 rings (SSSR count). The van der Waals surface area contributed by atoms with Gasteiger partial charge in [0.1, 0.15) is 5.75 Å². The van der Waals surface area contributed by atoms with Crippen LogP contribution in [0.15, 0.2) is 29.4 Å². The van der Waals surface area contributed by atoms with E-state index in [1.807, 2.05) is 12.1 Å². The van der Waals surface area contributed by atoms with Crippen LogP contribution in [-0.4, -0.2) is 16.0 Å². The van der Waals surface area contributed by atoms with Gasteiger partial charge in [-0.2, -0.15) is 0 Å². The highest BCUT2D eigenvalue weighted by molar-refractivity contribution is 5.84. The van der Waals surface area contributed by atoms with Crippen LogP contribution in [0.4, 0.5) is 0 Å². The van der Waals surface area contributed by atoms with Crippen LogP contribution in [0.25, 0.3) is 0 Å². The Kier molecular flexibility index (Phi) is 3.44. The summed E-state index contributed by atoms with van der Waals surface area (Å²) in [6, 6.07) is 7.45. The van der Waals surface area contributed by atoms with Crippen molar-refractivity contribution in [3.8, 4) is 5.75 Å². The van der Waals surface area contributed by atoms with E-state index in [4.69, 9.17) is 5.21 Å². The van der Waals surface area contributed by atoms with Gasteiger partial charge in [0.05, 0.1) is 5.71 Å². The number of phenolic OH excluding ortho intramolecular Hbond substituents is 1. The van der Waals surface area contributed by atoms with Crippen molar-refractivity contribution in [2.75, 3.05) is 0 Å². The predicted molar refractivity (Wildman–Crippen MR) is 63.2 cm³/mol. The summed E-state index contributed by atoms with van der Waals surface area (Å²) in [4.78, 5) is 0. The lowest BCUT2D eigenvalue weighted by atomic mass is 9.92. The van der Waals surface area contributed by atoms with Crippen LogP contribution in [0.5, 0.6) is 5.75 Å². The number of nitrogens with zero attached hydrogens (tertiary/aromatic N) is 1. The first-order chi connectivity index (χ1) is 7.79. The molecule has 0 aliphatic heterocycles. The molecular formula is C13H17NO2. The van der Waals surface area contributed by atoms with E-state index in [2.05, 4.69) is 5.16 Å². The number of rotatable bonds is 1. The van der Waals surface area contributed by atoms with Crippen LogP contribution in [0.1, 0.15) is 43.6 Å². The second-order valence-corrected chi connectivity index (χ2v) is 4.39. The normalized spacial score (nSPS) is 24.2. The molecule has 1 aliphatic carbocycles. The number of phenols is 1. The van der Waals surface area contributed by atoms with E-state index >= 15 is 0 Å². The van der Waals surface area contributed by atoms with E-state index in [1.165, 1.54) is 5.56 Å². The van der Waals surface area contributed by atoms with Gasteiger partial charge in [0.15, 0.2) is 0 Å². The molecular weight excluding hydrogens is 202 g/mol. The van der Waals surface area contributed by atoms with Crippen molar-refractivity contribution in [1.82, 2.24) is 0 Å². The topological polar surface area (TPSA) is 52.8 Å². The van der Waals surface area contributed by atoms with E-state index in [0.29, 0.717) is 11.7 Å². The van der Waals surface area contributed by atoms with Crippen LogP contribution >= 0.6 is 0 Å². The SMILES string of the molecule is O/N=C1/CCCC(c2ccc(O)cc2)CC1. The highest BCUT2D eigenvalue weighted by Crippen LogP contribution is 2.31. The van der Waals surface area contributed by atoms with Gasteiger partial charge in [0, 0.05) is 0 Å². The Morgan fingerprint density at radius 3 is 2.50 bits per heavy atom. The first-order valence-electron chi connectivity index (χ1n) is 5.78. The summed E-state index contributed by atoms with van der Waals surface area (Å²) in [5.41, 5.74) is 2.19. The minimum Gasteiger partial charge on any atom is -0.508 e. The molecule has 0 heterocycles. The Bertz CT molecular complexity index is 370. The third-order valence-electron chi connectivity index (χ3n) is 3.31. The fourth-order valence-corrected chi connectivity index (χ4v) is 2.34. The number of aromatic hydroxyl groups is 1. The van der Waals surface area contributed by atoms with Crippen LogP contribution in [-0.2, 0) is 0 Å². The summed E-state index contributed by atoms with van der Waals surface area (Å²) >= 11 is 0. The molecule has 3 nitrogen and oxygen atoms in total. The second kappa shape index (κ2) is 5.01. The highest BCUT2D eigenvalue weighted by atomic mass is 16.4. The Labute approximate surface area is 95.4 Å². The maximum Gasteiger partial charge on any atom is 0.115 e. The summed E-state index contributed by atoms with van der Waals surface area (Å²) in [5.74, 6) is 0.842. The van der Waals surface area contributed by atoms with Crippen molar-refractivity contribution >= 4 is 5.71 Å². The van der Waals surface area contributed by atoms with Crippen molar-refractivity contribution in [3.63, 3.8) is 0 Å². The van der Waals surface area contributed by atoms with Crippen molar-refractivity contribution < 1.29 is 10.3 Å². The molecule has 0 bridgehead atoms. The zero-order valence-electron chi connectivity index (χ0n) is 9.26. The summed E-state index contributed by atoms with van der Waals surface area (Å²) in [7, 11) is 0. The molecule has 86 valence electrons. The van der Waals surface area contributed by atoms with E-state index in [9.17, 15) is 5.11 Å². The van der Waals surface area contributed by atoms with Gasteiger partial charge in [0.25, 0.3) is 0 Å². The molecule has 1 fully saturated rings. The van der Waals surface area contributed by atoms with Gasteiger partial charge in [-0.3, -0.25) is 0 Å². The first-order valence-corrected chi connectivity index (χ1v) is 5.78. The molecule has 3 heteroatoms. The monoisotopic (exact) mass is 219 g/mol. The largest absolute Gasteiger partial charge is 0.508 e. The number of benzene rings is 1. The molecule has 0 amide bonds. The lowest BCUT2D eigenvalue weighted by Crippen LogP contribution is -1.98. The third kappa shape index (κ3) is 2.54. The summed E-state index contributed by atoms with van der Waals surface area (Å²) < 4.78 is 0. The van der Waals surface area contributed by atoms with E-state index in [-0.39, 0.29) is 0 Å². The number of oxime groups is 1. The van der Waals surface area contributed by atoms with E-state index < -0.39 is 0 Å². The molecule has 2 N–H and O–H groups in total. The average molecular weight is 219 g/mol. The fraction of sp³-hybridized carbons (Fsp3) is 0.462. The van der Waals surface area contributed by atoms with Gasteiger partial charge >= 0.3 is 0 Å². The Morgan fingerprint density at radius 2 is 1.81 bits per heavy atom. The molecule has 1 aromatic rings. The lowest BCUT2D eigenvalue weighted by molar-refractivity contribution is 0.316. The van der Waals surface area contributed by atoms with Gasteiger partial charge in [-0.1, -0.05) is 17.3 Å². The Balaban J connectivity index is 2.07. The van der Waals surface area contributed by atoms with Crippen molar-refractivity contribution in [1.29, 1.82) is 0 Å². The Morgan fingerprint density at radius 1 is 1.06 bits per heavy atom. The minimum absolute atomic E-state index is 0.315. The van der Waals surface area contributed by atoms with Gasteiger partial charge < -0.3 is 10.3 Å². The van der Waals surface area contributed by atoms with Crippen LogP contribution in [0.2, 0.25) is 0 Å². The van der Waals surface area contributed by atoms with E-state index in [1.54, 1.807) is 12.1 Å². The maximum absolute atomic E-state index is 9.24. The zero-order chi connectivity index (χ0) is 11.4. The molecule has 0 saturated heterocycles. The highest BCUT2D eigenvalue weighted by Gasteiger charge is 2.17. The van der Waals surface area contributed by atoms with Crippen molar-refractivity contribution in [2.45, 2.75) is 38.0 Å². The minimum atomic E-state index is 0.315. The fourth-order valence-electron chi connectivity index (χ4n) is 2.34. The quantitative estimate of drug-likeness (QED) is 0.432. The third-order valence-corrected chi connectivity index (χ3v) is 3.31. The average Bonchev–Trinajstić information content (AvgIpc) is 2.55. The van der Waals surface area contributed by atoms with Gasteiger partial charge in [-0.15, -0.1) is 0 Å². The van der Waals surface area contributed by atoms with Crippen LogP contribution in [0.3, 0.4) is 0 Å². The van der Waals surface area contributed by atoms with Crippen molar-refractivity contribution in [3.05, 3.63) is 29.8 Å². The molecule has 1 unspecified atom stereocenters. The van der Waals surface area contributed by atoms with Crippen molar-refractivity contribution in [2.24, 2.45) is 5.16 Å². The van der Waals surface area contributed by atoms with Gasteiger partial charge in [0.2, 0.25) is 0 Å². The molecule has 1 aliphatic rings. The molecule has 1 saturated carbocycles. The zero-order valence-corrected chi connectivity index (χ0v) is 9.26. The molecule has 0 radical (unpaired) electrons. The Hall–Kier alpha value is -1.51. The molecule has 0 spiro atoms. The molecule has 16 heavy (non-hydrogen) atoms. The first kappa shape index (κ1) is 11.0. The second-order valence-electron chi connectivity index (χ2n) is 4.39. The van der Waals surface area contributed by atoms with Gasteiger partial charge in [-0.25, -0.2) is 0 Å². The smallest absolute Gasteiger partial charge is 0.115 e. The standard InChI is InChI=1S/C13H17NO2/c15-13-8-5-11(6-9-13)10-2-1-3-12(14-16)7-4-10/h5-6,8-10,15-16H,1-4,7H2/b14-12-. The van der Waals surface area contributed by atoms with Crippen LogP contribution in [0, 0.1) is 0 Å². The van der Waals surface area contributed by atoms with Crippen LogP contribution < -0.4 is 0 Å². The summed E-state index contributed by atoms with van der Waals surface area (Å²) in [5, 5.41) is 21.3. The summed E-state index contributed by atoms with van der Waals surface area (Å²) in [6.07, 6.45) is 5.02. The number of hydrogen-bond donors (Lipinski definition) is 2. The lowest BCUT2D eigenvalue weighted by Gasteiger charge is -2.13.